The number of aliphatic hydroxyl groups is 3. The zero-order chi connectivity index (χ0) is 69.0. The van der Waals surface area contributed by atoms with Crippen LogP contribution in [0.25, 0.3) is 15.9 Å². The number of hydrogen-bond acceptors (Lipinski definition) is 27. The van der Waals surface area contributed by atoms with Gasteiger partial charge < -0.3 is 51.1 Å². The van der Waals surface area contributed by atoms with Crippen molar-refractivity contribution in [3.8, 4) is 6.07 Å². The van der Waals surface area contributed by atoms with E-state index in [2.05, 4.69) is 90.4 Å². The molecule has 0 aliphatic carbocycles. The number of hydrogen-bond donors (Lipinski definition) is 13. The molecule has 3 unspecified atom stereocenters. The van der Waals surface area contributed by atoms with E-state index in [4.69, 9.17) is 52.7 Å². The molecule has 2 aliphatic rings. The van der Waals surface area contributed by atoms with Crippen molar-refractivity contribution in [1.82, 2.24) is 39.4 Å². The SMILES string of the molecule is C.CCCCCCCC.CCCCCCCC.CCCCNP(NCCCC)(OO)(OOO)[P+](=O)[O-].N#C[C@]1(COP(=O)(O)OP(=O)(O)OP(=O)(O)O)O[C@@H](c2cc(F)c3c(N)ncnn23)[C@H](F)[C@@H]1O.[C-]#[N+][C@]1(CO)O[C@@H](c2cc(F)c3c(N)ncnn23)[C@H](F)[C@@H]1O. The molecule has 0 spiro atoms. The van der Waals surface area contributed by atoms with Crippen molar-refractivity contribution in [1.29, 1.82) is 5.26 Å². The van der Waals surface area contributed by atoms with Gasteiger partial charge in [-0.15, -0.1) is 0 Å². The Morgan fingerprint density at radius 3 is 1.50 bits per heavy atom. The Bertz CT molecular complexity index is 3100. The fourth-order valence-corrected chi connectivity index (χ4v) is 15.2. The van der Waals surface area contributed by atoms with Gasteiger partial charge in [0.25, 0.3) is 0 Å². The minimum atomic E-state index is -5.88. The number of rotatable bonds is 32. The van der Waals surface area contributed by atoms with Crippen LogP contribution in [0.5, 0.6) is 0 Å². The monoisotopic (exact) mass is 1430 g/mol. The van der Waals surface area contributed by atoms with Crippen LogP contribution in [0.1, 0.15) is 175 Å². The summed E-state index contributed by atoms with van der Waals surface area (Å²) in [6.07, 6.45) is 9.59. The van der Waals surface area contributed by atoms with Crippen molar-refractivity contribution in [3.63, 3.8) is 0 Å². The summed E-state index contributed by atoms with van der Waals surface area (Å²) in [7, 11) is -25.6. The summed E-state index contributed by atoms with van der Waals surface area (Å²) < 4.78 is 135. The van der Waals surface area contributed by atoms with Gasteiger partial charge in [-0.05, 0) is 0 Å². The van der Waals surface area contributed by atoms with Gasteiger partial charge in [-0.25, -0.2) is 56.8 Å². The second kappa shape index (κ2) is 39.9. The van der Waals surface area contributed by atoms with Crippen LogP contribution in [0.2, 0.25) is 0 Å². The van der Waals surface area contributed by atoms with Gasteiger partial charge in [0, 0.05) is 12.1 Å². The average molecular weight is 1430 g/mol. The number of aliphatic hydroxyl groups excluding tert-OH is 3. The number of nitrogens with one attached hydrogen (secondary N) is 2. The molecule has 43 heteroatoms. The predicted octanol–water partition coefficient (Wildman–Crippen LogP) is 8.93. The molecule has 4 aromatic rings. The second-order valence-electron chi connectivity index (χ2n) is 20.2. The number of alkyl halides is 2. The molecule has 0 aromatic carbocycles. The van der Waals surface area contributed by atoms with E-state index >= 15 is 0 Å². The number of unbranched alkanes of at least 4 members (excludes halogenated alkanes) is 12. The Hall–Kier alpha value is -4.04. The van der Waals surface area contributed by atoms with E-state index in [1.807, 2.05) is 13.8 Å². The molecule has 15 N–H and O–H groups in total. The first kappa shape index (κ1) is 86.0. The zero-order valence-corrected chi connectivity index (χ0v) is 55.2. The van der Waals surface area contributed by atoms with Gasteiger partial charge in [-0.1, -0.05) is 112 Å². The number of phosphoric acid groups is 3. The molecule has 92 heavy (non-hydrogen) atoms. The Morgan fingerprint density at radius 1 is 0.750 bits per heavy atom. The first-order chi connectivity index (χ1) is 42.8. The maximum atomic E-state index is 14.9. The number of ether oxygens (including phenoxy) is 2. The molecule has 4 aromatic heterocycles. The van der Waals surface area contributed by atoms with E-state index in [0.29, 0.717) is 12.8 Å². The van der Waals surface area contributed by atoms with Gasteiger partial charge in [0.05, 0.1) is 11.4 Å². The van der Waals surface area contributed by atoms with Crippen LogP contribution >= 0.6 is 38.2 Å². The summed E-state index contributed by atoms with van der Waals surface area (Å²) in [5, 5.41) is 72.3. The van der Waals surface area contributed by atoms with E-state index in [9.17, 15) is 66.2 Å². The van der Waals surface area contributed by atoms with Crippen LogP contribution < -0.4 is 26.5 Å². The molecule has 34 nitrogen and oxygen atoms in total. The fraction of sp³-hybridized carbons (Fsp3) is 0.714. The van der Waals surface area contributed by atoms with Gasteiger partial charge in [0.2, 0.25) is 5.60 Å². The molecular weight excluding hydrogens is 1340 g/mol. The number of nitrogen functional groups attached to an aromatic ring is 2. The van der Waals surface area contributed by atoms with Gasteiger partial charge in [0.1, 0.15) is 54.7 Å². The van der Waals surface area contributed by atoms with Gasteiger partial charge in [-0.2, -0.15) is 24.1 Å². The first-order valence-electron chi connectivity index (χ1n) is 28.6. The number of aromatic nitrogens is 6. The molecule has 11 atom stereocenters. The largest absolute Gasteiger partial charge is 0.490 e. The van der Waals surface area contributed by atoms with Crippen molar-refractivity contribution < 1.29 is 123 Å². The molecule has 0 bridgehead atoms. The van der Waals surface area contributed by atoms with Gasteiger partial charge in [0.15, 0.2) is 48.3 Å². The molecule has 6 heterocycles. The number of nitriles is 1. The molecule has 2 fully saturated rings. The zero-order valence-electron chi connectivity index (χ0n) is 50.7. The Kier molecular flexibility index (Phi) is 37.3. The second-order valence-corrected chi connectivity index (χ2v) is 31.0. The third-order valence-corrected chi connectivity index (χ3v) is 23.0. The fourth-order valence-electron chi connectivity index (χ4n) is 8.51. The van der Waals surface area contributed by atoms with Crippen LogP contribution in [-0.4, -0.2) is 137 Å². The van der Waals surface area contributed by atoms with E-state index in [0.717, 1.165) is 46.7 Å². The number of anilines is 2. The van der Waals surface area contributed by atoms with Crippen molar-refractivity contribution in [2.75, 3.05) is 37.8 Å². The maximum absolute atomic E-state index is 14.9. The molecule has 528 valence electrons. The molecule has 2 aliphatic heterocycles. The van der Waals surface area contributed by atoms with E-state index < -0.39 is 111 Å². The number of phosphoric ester groups is 1. The Balaban J connectivity index is 0.000000633. The molecule has 6 rings (SSSR count). The first-order valence-corrected chi connectivity index (χ1v) is 37.0. The van der Waals surface area contributed by atoms with Gasteiger partial charge >= 0.3 is 141 Å². The van der Waals surface area contributed by atoms with E-state index in [1.165, 1.54) is 83.1 Å². The minimum Gasteiger partial charge on any atom is -0.386 e. The van der Waals surface area contributed by atoms with Crippen molar-refractivity contribution in [3.05, 3.63) is 59.2 Å². The van der Waals surface area contributed by atoms with Crippen LogP contribution in [0.3, 0.4) is 0 Å². The number of halogens is 4. The molecular formula is C49H87F4N12O22P5. The summed E-state index contributed by atoms with van der Waals surface area (Å²) in [6, 6.07) is 3.01. The average Bonchev–Trinajstić information content (AvgIpc) is 1.46. The van der Waals surface area contributed by atoms with Crippen LogP contribution in [0, 0.1) is 29.5 Å². The third-order valence-electron chi connectivity index (χ3n) is 13.3. The Morgan fingerprint density at radius 2 is 1.16 bits per heavy atom. The molecule has 0 amide bonds. The normalized spacial score (nSPS) is 23.0. The summed E-state index contributed by atoms with van der Waals surface area (Å²) in [4.78, 5) is 57.4. The van der Waals surface area contributed by atoms with Crippen molar-refractivity contribution >= 4 is 60.9 Å². The van der Waals surface area contributed by atoms with E-state index in [1.54, 1.807) is 0 Å². The standard InChI is InChI=1S/C12H14F2N5O12P3.C12H11F2N5O3.C8H22N2O7P2.2C8H18.CH4/c13-5-1-6(19-8(5)11(16)17-4-18-19)9-7(14)10(20)12(2-15,29-9)3-28-33(24,25)31-34(26,27)30-32(21,22)23;1-16-12(3-20)10(21)7(14)9(22-12)6-2-5(13)8-11(15)17-4-18-19(6)8;1-3-5-7-9-19(16-12,17-15-11,18(13)14)10-8-6-4-2;2*1-3-5-7-8-6-4-2;/h1,4,7,9-10,20H,3H2,(H,24,25)(H,26,27)(H2,16,17,18)(H2,21,22,23);2,4,7,9-10,20-21H,3H2,(H2,15,17,18);9-12H,3-8H2,1-2H3;2*3-8H2,1-2H3;1H4/t2*7-,9-,10-,12+;;;;/m00..../s1. The number of fused-ring (bicyclic) bond motifs is 2. The third kappa shape index (κ3) is 23.4. The summed E-state index contributed by atoms with van der Waals surface area (Å²) >= 11 is 0. The quantitative estimate of drug-likeness (QED) is 0.00541. The molecule has 0 radical (unpaired) electrons. The smallest absolute Gasteiger partial charge is 0.386 e. The molecule has 0 saturated carbocycles. The summed E-state index contributed by atoms with van der Waals surface area (Å²) in [6.45, 7) is 17.8. The minimum absolute atomic E-state index is 0. The summed E-state index contributed by atoms with van der Waals surface area (Å²) in [5.41, 5.74) is 5.23. The van der Waals surface area contributed by atoms with Crippen LogP contribution in [0.4, 0.5) is 29.2 Å². The van der Waals surface area contributed by atoms with Crippen LogP contribution in [0.15, 0.2) is 24.8 Å². The maximum Gasteiger partial charge on any atom is 0.490 e. The van der Waals surface area contributed by atoms with Gasteiger partial charge in [-0.3, -0.25) is 14.1 Å². The predicted molar refractivity (Wildman–Crippen MR) is 322 cm³/mol. The number of nitrogens with two attached hydrogens (primary N) is 2. The Labute approximate surface area is 529 Å². The van der Waals surface area contributed by atoms with Crippen molar-refractivity contribution in [2.24, 2.45) is 0 Å². The summed E-state index contributed by atoms with van der Waals surface area (Å²) in [5.74, 6) is -2.26. The van der Waals surface area contributed by atoms with E-state index in [-0.39, 0.29) is 54.6 Å². The van der Waals surface area contributed by atoms with Crippen molar-refractivity contribution in [2.45, 2.75) is 200 Å². The van der Waals surface area contributed by atoms with Crippen LogP contribution in [-0.2, 0) is 55.3 Å². The topological polar surface area (TPSA) is 512 Å². The number of nitrogens with zero attached hydrogens (tertiary/aromatic N) is 8. The molecule has 2 saturated heterocycles.